The van der Waals surface area contributed by atoms with E-state index in [1.165, 1.54) is 0 Å². The average Bonchev–Trinajstić information content (AvgIpc) is 2.70. The Morgan fingerprint density at radius 1 is 0.840 bits per heavy atom. The van der Waals surface area contributed by atoms with Crippen molar-refractivity contribution in [3.8, 4) is 5.75 Å². The van der Waals surface area contributed by atoms with E-state index in [1.807, 2.05) is 72.8 Å². The molecule has 1 N–H and O–H groups in total. The molecule has 0 aliphatic rings. The molecule has 3 aromatic rings. The van der Waals surface area contributed by atoms with Crippen LogP contribution in [0.15, 0.2) is 84.9 Å². The van der Waals surface area contributed by atoms with Crippen LogP contribution in [0.1, 0.15) is 36.0 Å². The number of benzene rings is 3. The first kappa shape index (κ1) is 17.2. The van der Waals surface area contributed by atoms with Crippen molar-refractivity contribution >= 4 is 0 Å². The highest BCUT2D eigenvalue weighted by Crippen LogP contribution is 2.44. The SMILES string of the molecule is CC[C@H](c1ccccc1)[C@@](O)(c1ccccc1)c1cccc(OC)c1. The Morgan fingerprint density at radius 3 is 2.04 bits per heavy atom. The van der Waals surface area contributed by atoms with Crippen molar-refractivity contribution in [3.63, 3.8) is 0 Å². The molecule has 0 radical (unpaired) electrons. The fourth-order valence-electron chi connectivity index (χ4n) is 3.58. The third-order valence-corrected chi connectivity index (χ3v) is 4.84. The maximum Gasteiger partial charge on any atom is 0.122 e. The van der Waals surface area contributed by atoms with Gasteiger partial charge >= 0.3 is 0 Å². The summed E-state index contributed by atoms with van der Waals surface area (Å²) >= 11 is 0. The molecule has 3 aromatic carbocycles. The van der Waals surface area contributed by atoms with Gasteiger partial charge in [0.2, 0.25) is 0 Å². The molecular formula is C23H24O2. The summed E-state index contributed by atoms with van der Waals surface area (Å²) in [4.78, 5) is 0. The van der Waals surface area contributed by atoms with Gasteiger partial charge in [-0.2, -0.15) is 0 Å². The minimum absolute atomic E-state index is 0.0665. The second-order valence-electron chi connectivity index (χ2n) is 6.24. The molecule has 0 spiro atoms. The molecule has 0 amide bonds. The van der Waals surface area contributed by atoms with Crippen molar-refractivity contribution in [2.75, 3.05) is 7.11 Å². The van der Waals surface area contributed by atoms with Gasteiger partial charge in [0, 0.05) is 5.92 Å². The molecule has 0 aliphatic heterocycles. The van der Waals surface area contributed by atoms with Crippen LogP contribution in [0.5, 0.6) is 5.75 Å². The highest BCUT2D eigenvalue weighted by molar-refractivity contribution is 5.44. The van der Waals surface area contributed by atoms with E-state index >= 15 is 0 Å². The second-order valence-corrected chi connectivity index (χ2v) is 6.24. The number of rotatable bonds is 6. The lowest BCUT2D eigenvalue weighted by atomic mass is 9.72. The Bertz CT molecular complexity index is 799. The first-order valence-electron chi connectivity index (χ1n) is 8.67. The van der Waals surface area contributed by atoms with Crippen LogP contribution >= 0.6 is 0 Å². The van der Waals surface area contributed by atoms with Gasteiger partial charge in [-0.3, -0.25) is 0 Å². The quantitative estimate of drug-likeness (QED) is 0.678. The standard InChI is InChI=1S/C23H24O2/c1-3-22(18-11-6-4-7-12-18)23(24,19-13-8-5-9-14-19)20-15-10-16-21(17-20)25-2/h4-17,22,24H,3H2,1-2H3/t22-,23-/m1/s1. The molecule has 0 fully saturated rings. The summed E-state index contributed by atoms with van der Waals surface area (Å²) in [5, 5.41) is 12.0. The van der Waals surface area contributed by atoms with Gasteiger partial charge in [0.25, 0.3) is 0 Å². The van der Waals surface area contributed by atoms with Crippen LogP contribution in [0.2, 0.25) is 0 Å². The molecule has 0 saturated carbocycles. The molecule has 128 valence electrons. The van der Waals surface area contributed by atoms with Crippen LogP contribution in [0.25, 0.3) is 0 Å². The molecule has 0 heterocycles. The molecule has 2 atom stereocenters. The lowest BCUT2D eigenvalue weighted by Gasteiger charge is -2.37. The number of aliphatic hydroxyl groups is 1. The molecule has 2 heteroatoms. The summed E-state index contributed by atoms with van der Waals surface area (Å²) in [6.07, 6.45) is 0.812. The normalized spacial score (nSPS) is 14.5. The van der Waals surface area contributed by atoms with Crippen molar-refractivity contribution in [2.24, 2.45) is 0 Å². The Morgan fingerprint density at radius 2 is 1.44 bits per heavy atom. The average molecular weight is 332 g/mol. The zero-order chi connectivity index (χ0) is 17.7. The Hall–Kier alpha value is -2.58. The van der Waals surface area contributed by atoms with E-state index in [2.05, 4.69) is 19.1 Å². The van der Waals surface area contributed by atoms with Gasteiger partial charge in [-0.15, -0.1) is 0 Å². The van der Waals surface area contributed by atoms with Crippen LogP contribution in [0, 0.1) is 0 Å². The molecular weight excluding hydrogens is 308 g/mol. The molecule has 0 saturated heterocycles. The van der Waals surface area contributed by atoms with Crippen LogP contribution in [-0.2, 0) is 5.60 Å². The fraction of sp³-hybridized carbons (Fsp3) is 0.217. The number of methoxy groups -OCH3 is 1. The van der Waals surface area contributed by atoms with E-state index in [0.29, 0.717) is 0 Å². The summed E-state index contributed by atoms with van der Waals surface area (Å²) in [5.41, 5.74) is 1.72. The summed E-state index contributed by atoms with van der Waals surface area (Å²) in [6.45, 7) is 2.12. The zero-order valence-electron chi connectivity index (χ0n) is 14.7. The van der Waals surface area contributed by atoms with Gasteiger partial charge in [0.1, 0.15) is 11.4 Å². The van der Waals surface area contributed by atoms with E-state index in [-0.39, 0.29) is 5.92 Å². The van der Waals surface area contributed by atoms with Crippen molar-refractivity contribution < 1.29 is 9.84 Å². The zero-order valence-corrected chi connectivity index (χ0v) is 14.7. The summed E-state index contributed by atoms with van der Waals surface area (Å²) in [6, 6.07) is 27.8. The van der Waals surface area contributed by atoms with Gasteiger partial charge in [-0.1, -0.05) is 79.7 Å². The maximum absolute atomic E-state index is 12.0. The van der Waals surface area contributed by atoms with Gasteiger partial charge < -0.3 is 9.84 Å². The predicted molar refractivity (Wildman–Crippen MR) is 102 cm³/mol. The topological polar surface area (TPSA) is 29.5 Å². The summed E-state index contributed by atoms with van der Waals surface area (Å²) in [5.74, 6) is 0.679. The van der Waals surface area contributed by atoms with E-state index < -0.39 is 5.60 Å². The molecule has 2 nitrogen and oxygen atoms in total. The monoisotopic (exact) mass is 332 g/mol. The molecule has 3 rings (SSSR count). The maximum atomic E-state index is 12.0. The minimum Gasteiger partial charge on any atom is -0.497 e. The first-order valence-corrected chi connectivity index (χ1v) is 8.67. The Labute approximate surface area is 149 Å². The van der Waals surface area contributed by atoms with Crippen LogP contribution in [0.3, 0.4) is 0 Å². The largest absolute Gasteiger partial charge is 0.497 e. The van der Waals surface area contributed by atoms with Gasteiger partial charge in [0.05, 0.1) is 7.11 Å². The van der Waals surface area contributed by atoms with Gasteiger partial charge in [0.15, 0.2) is 0 Å². The van der Waals surface area contributed by atoms with Crippen molar-refractivity contribution in [1.29, 1.82) is 0 Å². The Balaban J connectivity index is 2.21. The smallest absolute Gasteiger partial charge is 0.122 e. The van der Waals surface area contributed by atoms with Crippen molar-refractivity contribution in [2.45, 2.75) is 24.9 Å². The van der Waals surface area contributed by atoms with Gasteiger partial charge in [-0.05, 0) is 35.2 Å². The van der Waals surface area contributed by atoms with Crippen LogP contribution < -0.4 is 4.74 Å². The number of hydrogen-bond donors (Lipinski definition) is 1. The lowest BCUT2D eigenvalue weighted by molar-refractivity contribution is 0.0474. The fourth-order valence-corrected chi connectivity index (χ4v) is 3.58. The Kier molecular flexibility index (Phi) is 5.20. The molecule has 0 bridgehead atoms. The van der Waals surface area contributed by atoms with Gasteiger partial charge in [-0.25, -0.2) is 0 Å². The molecule has 0 unspecified atom stereocenters. The highest BCUT2D eigenvalue weighted by Gasteiger charge is 2.40. The minimum atomic E-state index is -1.13. The summed E-state index contributed by atoms with van der Waals surface area (Å²) < 4.78 is 5.39. The van der Waals surface area contributed by atoms with Crippen LogP contribution in [-0.4, -0.2) is 12.2 Å². The summed E-state index contributed by atoms with van der Waals surface area (Å²) in [7, 11) is 1.65. The lowest BCUT2D eigenvalue weighted by Crippen LogP contribution is -2.34. The van der Waals surface area contributed by atoms with E-state index in [9.17, 15) is 5.11 Å². The number of ether oxygens (including phenoxy) is 1. The van der Waals surface area contributed by atoms with E-state index in [4.69, 9.17) is 4.74 Å². The van der Waals surface area contributed by atoms with Crippen molar-refractivity contribution in [1.82, 2.24) is 0 Å². The molecule has 25 heavy (non-hydrogen) atoms. The highest BCUT2D eigenvalue weighted by atomic mass is 16.5. The van der Waals surface area contributed by atoms with E-state index in [1.54, 1.807) is 7.11 Å². The van der Waals surface area contributed by atoms with Crippen LogP contribution in [0.4, 0.5) is 0 Å². The molecule has 0 aromatic heterocycles. The first-order chi connectivity index (χ1) is 12.2. The number of hydrogen-bond acceptors (Lipinski definition) is 2. The molecule has 0 aliphatic carbocycles. The third kappa shape index (κ3) is 3.31. The van der Waals surface area contributed by atoms with Crippen molar-refractivity contribution in [3.05, 3.63) is 102 Å². The predicted octanol–water partition coefficient (Wildman–Crippen LogP) is 5.12. The van der Waals surface area contributed by atoms with E-state index in [0.717, 1.165) is 28.9 Å². The second kappa shape index (κ2) is 7.54. The third-order valence-electron chi connectivity index (χ3n) is 4.84.